The maximum atomic E-state index is 13.4. The van der Waals surface area contributed by atoms with E-state index < -0.39 is 48.1 Å². The number of ether oxygens (including phenoxy) is 1. The topological polar surface area (TPSA) is 148 Å². The quantitative estimate of drug-likeness (QED) is 0.188. The molecule has 2 amide bonds. The summed E-state index contributed by atoms with van der Waals surface area (Å²) in [6, 6.07) is 26.1. The van der Waals surface area contributed by atoms with Gasteiger partial charge in [0.15, 0.2) is 0 Å². The van der Waals surface area contributed by atoms with Crippen LogP contribution >= 0.6 is 0 Å². The molecule has 248 valence electrons. The maximum Gasteiger partial charge on any atom is 0.490 e. The number of carboxylic acid groups (broad SMARTS) is 1. The Labute approximate surface area is 266 Å². The first-order chi connectivity index (χ1) is 21.8. The molecule has 0 aromatic heterocycles. The van der Waals surface area contributed by atoms with Gasteiger partial charge in [0.25, 0.3) is 0 Å². The molecule has 5 N–H and O–H groups in total. The molecule has 12 heteroatoms. The Kier molecular flexibility index (Phi) is 15.4. The van der Waals surface area contributed by atoms with Crippen LogP contribution in [-0.2, 0) is 43.4 Å². The Morgan fingerprint density at radius 2 is 1.22 bits per heavy atom. The van der Waals surface area contributed by atoms with E-state index in [9.17, 15) is 27.6 Å². The zero-order chi connectivity index (χ0) is 34.1. The van der Waals surface area contributed by atoms with Gasteiger partial charge < -0.3 is 26.2 Å². The third-order valence-electron chi connectivity index (χ3n) is 6.61. The predicted octanol–water partition coefficient (Wildman–Crippen LogP) is 4.58. The summed E-state index contributed by atoms with van der Waals surface area (Å²) in [5, 5.41) is 12.8. The van der Waals surface area contributed by atoms with Gasteiger partial charge >= 0.3 is 18.1 Å². The van der Waals surface area contributed by atoms with Gasteiger partial charge in [0, 0.05) is 6.42 Å². The van der Waals surface area contributed by atoms with Crippen molar-refractivity contribution in [3.63, 3.8) is 0 Å². The van der Waals surface area contributed by atoms with Crippen molar-refractivity contribution < 1.29 is 42.2 Å². The van der Waals surface area contributed by atoms with Gasteiger partial charge in [0.1, 0.15) is 18.7 Å². The fourth-order valence-electron chi connectivity index (χ4n) is 4.22. The lowest BCUT2D eigenvalue weighted by Crippen LogP contribution is -2.55. The number of halogens is 3. The van der Waals surface area contributed by atoms with E-state index in [1.54, 1.807) is 0 Å². The van der Waals surface area contributed by atoms with Crippen molar-refractivity contribution in [3.05, 3.63) is 108 Å². The zero-order valence-electron chi connectivity index (χ0n) is 25.7. The van der Waals surface area contributed by atoms with Crippen LogP contribution in [0.5, 0.6) is 0 Å². The number of aryl methyl sites for hydroxylation is 1. The second-order valence-corrected chi connectivity index (χ2v) is 11.0. The van der Waals surface area contributed by atoms with E-state index in [4.69, 9.17) is 20.4 Å². The van der Waals surface area contributed by atoms with E-state index in [-0.39, 0.29) is 18.9 Å². The molecule has 0 aliphatic rings. The smallest absolute Gasteiger partial charge is 0.475 e. The third kappa shape index (κ3) is 14.4. The highest BCUT2D eigenvalue weighted by molar-refractivity contribution is 5.92. The van der Waals surface area contributed by atoms with Crippen molar-refractivity contribution in [1.82, 2.24) is 10.6 Å². The van der Waals surface area contributed by atoms with Crippen LogP contribution in [0.1, 0.15) is 43.4 Å². The van der Waals surface area contributed by atoms with Crippen LogP contribution in [0.15, 0.2) is 91.0 Å². The Balaban J connectivity index is 0.000000942. The fraction of sp³-hybridized carbons (Fsp3) is 0.353. The molecule has 0 aliphatic heterocycles. The van der Waals surface area contributed by atoms with Crippen LogP contribution in [0, 0.1) is 5.92 Å². The number of hydrogen-bond donors (Lipinski definition) is 4. The molecule has 0 radical (unpaired) electrons. The molecule has 3 rings (SSSR count). The van der Waals surface area contributed by atoms with Gasteiger partial charge in [0.2, 0.25) is 11.8 Å². The normalized spacial score (nSPS) is 12.9. The van der Waals surface area contributed by atoms with Crippen LogP contribution in [0.4, 0.5) is 13.2 Å². The van der Waals surface area contributed by atoms with Crippen molar-refractivity contribution in [2.75, 3.05) is 0 Å². The summed E-state index contributed by atoms with van der Waals surface area (Å²) in [5.74, 6) is -4.00. The molecule has 46 heavy (non-hydrogen) atoms. The number of carboxylic acids is 1. The molecular formula is C34H40F3N3O6. The molecule has 0 saturated carbocycles. The summed E-state index contributed by atoms with van der Waals surface area (Å²) in [5.41, 5.74) is 9.00. The van der Waals surface area contributed by atoms with Gasteiger partial charge in [-0.15, -0.1) is 0 Å². The minimum Gasteiger partial charge on any atom is -0.475 e. The summed E-state index contributed by atoms with van der Waals surface area (Å²) in [6.07, 6.45) is -3.31. The van der Waals surface area contributed by atoms with Crippen molar-refractivity contribution >= 4 is 23.8 Å². The number of esters is 1. The van der Waals surface area contributed by atoms with Crippen LogP contribution in [0.3, 0.4) is 0 Å². The van der Waals surface area contributed by atoms with E-state index in [1.807, 2.05) is 105 Å². The largest absolute Gasteiger partial charge is 0.490 e. The molecule has 0 aliphatic carbocycles. The summed E-state index contributed by atoms with van der Waals surface area (Å²) in [7, 11) is 0. The van der Waals surface area contributed by atoms with E-state index in [0.29, 0.717) is 19.3 Å². The molecule has 0 saturated heterocycles. The van der Waals surface area contributed by atoms with Gasteiger partial charge in [-0.25, -0.2) is 9.59 Å². The molecule has 0 fully saturated rings. The minimum atomic E-state index is -5.08. The van der Waals surface area contributed by atoms with E-state index in [0.717, 1.165) is 16.7 Å². The summed E-state index contributed by atoms with van der Waals surface area (Å²) < 4.78 is 37.3. The van der Waals surface area contributed by atoms with Crippen LogP contribution in [0.2, 0.25) is 0 Å². The van der Waals surface area contributed by atoms with Crippen molar-refractivity contribution in [2.45, 2.75) is 70.4 Å². The number of aliphatic carboxylic acids is 1. The maximum absolute atomic E-state index is 13.4. The number of alkyl halides is 3. The molecule has 3 atom stereocenters. The minimum absolute atomic E-state index is 0.100. The van der Waals surface area contributed by atoms with Gasteiger partial charge in [-0.2, -0.15) is 13.2 Å². The molecule has 0 bridgehead atoms. The second kappa shape index (κ2) is 18.9. The first-order valence-electron chi connectivity index (χ1n) is 14.7. The highest BCUT2D eigenvalue weighted by atomic mass is 19.4. The van der Waals surface area contributed by atoms with Crippen molar-refractivity contribution in [1.29, 1.82) is 0 Å². The number of amides is 2. The number of hydrogen-bond acceptors (Lipinski definition) is 6. The number of nitrogens with two attached hydrogens (primary N) is 1. The molecule has 0 unspecified atom stereocenters. The standard InChI is InChI=1S/C32H39N3O4.C2HF3O2/c1-23(2)20-28(34-30(36)27(33)19-18-24-12-6-3-7-13-24)31(37)35-29(21-25-14-8-4-9-15-25)32(38)39-22-26-16-10-5-11-17-26;3-2(4,5)1(6)7/h3-17,23,27-29H,18-22,33H2,1-2H3,(H,34,36)(H,35,37);(H,6,7)/t27-,28+,29-;/m1./s1. The predicted molar refractivity (Wildman–Crippen MR) is 166 cm³/mol. The lowest BCUT2D eigenvalue weighted by molar-refractivity contribution is -0.192. The van der Waals surface area contributed by atoms with E-state index in [1.165, 1.54) is 0 Å². The number of nitrogens with one attached hydrogen (secondary N) is 2. The second-order valence-electron chi connectivity index (χ2n) is 11.0. The summed E-state index contributed by atoms with van der Waals surface area (Å²) in [6.45, 7) is 4.04. The SMILES string of the molecule is CC(C)C[C@H](NC(=O)[C@H](N)CCc1ccccc1)C(=O)N[C@H](Cc1ccccc1)C(=O)OCc1ccccc1.O=C(O)C(F)(F)F. The highest BCUT2D eigenvalue weighted by Gasteiger charge is 2.38. The Morgan fingerprint density at radius 3 is 1.70 bits per heavy atom. The molecule has 0 spiro atoms. The van der Waals surface area contributed by atoms with Gasteiger partial charge in [-0.1, -0.05) is 105 Å². The van der Waals surface area contributed by atoms with Gasteiger partial charge in [-0.3, -0.25) is 9.59 Å². The highest BCUT2D eigenvalue weighted by Crippen LogP contribution is 2.13. The molecule has 9 nitrogen and oxygen atoms in total. The number of carbonyl (C=O) groups excluding carboxylic acids is 3. The Hall–Kier alpha value is -4.71. The average molecular weight is 644 g/mol. The lowest BCUT2D eigenvalue weighted by Gasteiger charge is -2.25. The van der Waals surface area contributed by atoms with Crippen LogP contribution in [0.25, 0.3) is 0 Å². The van der Waals surface area contributed by atoms with Gasteiger partial charge in [-0.05, 0) is 41.9 Å². The Morgan fingerprint density at radius 1 is 0.761 bits per heavy atom. The van der Waals surface area contributed by atoms with Crippen LogP contribution in [-0.4, -0.2) is 53.2 Å². The molecule has 3 aromatic carbocycles. The molecule has 0 heterocycles. The monoisotopic (exact) mass is 643 g/mol. The van der Waals surface area contributed by atoms with Crippen molar-refractivity contribution in [3.8, 4) is 0 Å². The Bertz CT molecular complexity index is 1370. The number of carbonyl (C=O) groups is 4. The molecular weight excluding hydrogens is 603 g/mol. The number of benzene rings is 3. The summed E-state index contributed by atoms with van der Waals surface area (Å²) >= 11 is 0. The lowest BCUT2D eigenvalue weighted by atomic mass is 10.00. The molecule has 3 aromatic rings. The number of rotatable bonds is 14. The van der Waals surface area contributed by atoms with Crippen LogP contribution < -0.4 is 16.4 Å². The van der Waals surface area contributed by atoms with E-state index in [2.05, 4.69) is 10.6 Å². The first kappa shape index (κ1) is 37.5. The van der Waals surface area contributed by atoms with Gasteiger partial charge in [0.05, 0.1) is 6.04 Å². The third-order valence-corrected chi connectivity index (χ3v) is 6.61. The van der Waals surface area contributed by atoms with Crippen molar-refractivity contribution in [2.24, 2.45) is 11.7 Å². The zero-order valence-corrected chi connectivity index (χ0v) is 25.7. The average Bonchev–Trinajstić information content (AvgIpc) is 3.02. The van der Waals surface area contributed by atoms with E-state index >= 15 is 0 Å². The fourth-order valence-corrected chi connectivity index (χ4v) is 4.22. The first-order valence-corrected chi connectivity index (χ1v) is 14.7. The summed E-state index contributed by atoms with van der Waals surface area (Å²) in [4.78, 5) is 48.3.